The quantitative estimate of drug-likeness (QED) is 0.184. The second-order valence-electron chi connectivity index (χ2n) is 16.8. The van der Waals surface area contributed by atoms with Gasteiger partial charge < -0.3 is 14.2 Å². The molecule has 2 aliphatic rings. The lowest BCUT2D eigenvalue weighted by molar-refractivity contribution is -0.0765. The van der Waals surface area contributed by atoms with Crippen molar-refractivity contribution in [1.82, 2.24) is 4.90 Å². The Balaban J connectivity index is 1.56. The Labute approximate surface area is 320 Å². The Hall–Kier alpha value is -2.30. The van der Waals surface area contributed by atoms with Gasteiger partial charge in [0.2, 0.25) is 0 Å². The first-order valence-corrected chi connectivity index (χ1v) is 20.5. The van der Waals surface area contributed by atoms with Crippen LogP contribution in [0.5, 0.6) is 0 Å². The number of hydrogen-bond acceptors (Lipinski definition) is 9. The molecule has 4 rings (SSSR count). The molecule has 52 heavy (non-hydrogen) atoms. The number of thioether (sulfide) groups is 1. The Bertz CT molecular complexity index is 1640. The van der Waals surface area contributed by atoms with Crippen LogP contribution in [-0.4, -0.2) is 52.3 Å². The SMILES string of the molecule is CC(C)(C)OC(=O)N1C(CCc2ccc(SC3=CC(OCc4ccccc4)=CCC3)cc2Cl)(COP(=O)(OC(C)(C)C)OC(C)(C)C)COC1(C)C. The molecule has 1 aliphatic carbocycles. The lowest BCUT2D eigenvalue weighted by Gasteiger charge is -2.43. The molecule has 0 spiro atoms. The maximum Gasteiger partial charge on any atom is 0.475 e. The highest BCUT2D eigenvalue weighted by Gasteiger charge is 2.56. The van der Waals surface area contributed by atoms with E-state index in [1.807, 2.05) is 65.0 Å². The Morgan fingerprint density at radius 2 is 1.62 bits per heavy atom. The molecule has 0 aromatic heterocycles. The number of carbonyl (C=O) groups excluding carboxylic acids is 1. The van der Waals surface area contributed by atoms with Gasteiger partial charge in [-0.1, -0.05) is 59.8 Å². The number of hydrogen-bond donors (Lipinski definition) is 0. The maximum atomic E-state index is 14.2. The zero-order valence-corrected chi connectivity index (χ0v) is 35.1. The molecule has 0 bridgehead atoms. The van der Waals surface area contributed by atoms with Crippen molar-refractivity contribution in [3.05, 3.63) is 87.5 Å². The van der Waals surface area contributed by atoms with Gasteiger partial charge in [-0.05, 0) is 142 Å². The number of nitrogens with zero attached hydrogens (tertiary/aromatic N) is 1. The summed E-state index contributed by atoms with van der Waals surface area (Å²) in [5.41, 5.74) is -2.57. The summed E-state index contributed by atoms with van der Waals surface area (Å²) in [6, 6.07) is 16.2. The van der Waals surface area contributed by atoms with E-state index in [4.69, 9.17) is 39.4 Å². The highest BCUT2D eigenvalue weighted by molar-refractivity contribution is 8.03. The predicted molar refractivity (Wildman–Crippen MR) is 208 cm³/mol. The van der Waals surface area contributed by atoms with Crippen molar-refractivity contribution in [3.8, 4) is 0 Å². The van der Waals surface area contributed by atoms with Crippen molar-refractivity contribution < 1.29 is 37.1 Å². The third kappa shape index (κ3) is 12.6. The van der Waals surface area contributed by atoms with Crippen molar-refractivity contribution in [2.45, 2.75) is 141 Å². The molecular formula is C40H57ClNO8PS. The maximum absolute atomic E-state index is 14.2. The Morgan fingerprint density at radius 3 is 2.21 bits per heavy atom. The number of rotatable bonds is 13. The van der Waals surface area contributed by atoms with Gasteiger partial charge in [-0.3, -0.25) is 18.5 Å². The van der Waals surface area contributed by atoms with E-state index in [9.17, 15) is 9.36 Å². The Morgan fingerprint density at radius 1 is 0.962 bits per heavy atom. The van der Waals surface area contributed by atoms with Crippen LogP contribution in [0.25, 0.3) is 0 Å². The van der Waals surface area contributed by atoms with E-state index in [0.29, 0.717) is 24.5 Å². The molecule has 1 fully saturated rings. The molecule has 1 unspecified atom stereocenters. The summed E-state index contributed by atoms with van der Waals surface area (Å²) in [4.78, 5) is 17.7. The topological polar surface area (TPSA) is 92.8 Å². The van der Waals surface area contributed by atoms with Crippen LogP contribution in [0, 0.1) is 0 Å². The van der Waals surface area contributed by atoms with Crippen LogP contribution in [0.1, 0.15) is 107 Å². The van der Waals surface area contributed by atoms with Crippen LogP contribution in [-0.2, 0) is 45.4 Å². The number of carbonyl (C=O) groups is 1. The molecule has 12 heteroatoms. The normalized spacial score (nSPS) is 19.7. The third-order valence-electron chi connectivity index (χ3n) is 7.97. The average Bonchev–Trinajstić information content (AvgIpc) is 3.27. The van der Waals surface area contributed by atoms with Gasteiger partial charge >= 0.3 is 13.9 Å². The van der Waals surface area contributed by atoms with Gasteiger partial charge in [0.1, 0.15) is 23.7 Å². The molecular weight excluding hydrogens is 721 g/mol. The molecule has 1 atom stereocenters. The highest BCUT2D eigenvalue weighted by Crippen LogP contribution is 2.57. The minimum Gasteiger partial charge on any atom is -0.489 e. The molecule has 9 nitrogen and oxygen atoms in total. The monoisotopic (exact) mass is 777 g/mol. The number of allylic oxidation sites excluding steroid dienone is 3. The van der Waals surface area contributed by atoms with Crippen LogP contribution in [0.2, 0.25) is 5.02 Å². The van der Waals surface area contributed by atoms with Crippen LogP contribution < -0.4 is 0 Å². The largest absolute Gasteiger partial charge is 0.489 e. The molecule has 1 amide bonds. The van der Waals surface area contributed by atoms with Crippen molar-refractivity contribution in [3.63, 3.8) is 0 Å². The van der Waals surface area contributed by atoms with E-state index in [0.717, 1.165) is 34.6 Å². The molecule has 1 heterocycles. The molecule has 2 aromatic rings. The number of benzene rings is 2. The van der Waals surface area contributed by atoms with Gasteiger partial charge in [-0.15, -0.1) is 0 Å². The van der Waals surface area contributed by atoms with Gasteiger partial charge in [-0.25, -0.2) is 9.36 Å². The highest BCUT2D eigenvalue weighted by atomic mass is 35.5. The summed E-state index contributed by atoms with van der Waals surface area (Å²) in [6.07, 6.45) is 6.32. The van der Waals surface area contributed by atoms with Crippen LogP contribution in [0.4, 0.5) is 4.79 Å². The second-order valence-corrected chi connectivity index (χ2v) is 19.9. The first kappa shape index (κ1) is 42.4. The Kier molecular flexibility index (Phi) is 13.5. The van der Waals surface area contributed by atoms with Crippen molar-refractivity contribution >= 4 is 37.3 Å². The number of amides is 1. The van der Waals surface area contributed by atoms with Crippen LogP contribution in [0.3, 0.4) is 0 Å². The fourth-order valence-corrected chi connectivity index (χ4v) is 9.15. The summed E-state index contributed by atoms with van der Waals surface area (Å²) >= 11 is 8.61. The third-order valence-corrected chi connectivity index (χ3v) is 11.4. The fourth-order valence-electron chi connectivity index (χ4n) is 5.92. The van der Waals surface area contributed by atoms with E-state index in [2.05, 4.69) is 30.4 Å². The molecule has 0 saturated carbocycles. The van der Waals surface area contributed by atoms with Crippen molar-refractivity contribution in [2.24, 2.45) is 0 Å². The minimum absolute atomic E-state index is 0.103. The van der Waals surface area contributed by atoms with Gasteiger partial charge in [0.05, 0.1) is 30.0 Å². The lowest BCUT2D eigenvalue weighted by atomic mass is 9.91. The van der Waals surface area contributed by atoms with Gasteiger partial charge in [0.15, 0.2) is 0 Å². The van der Waals surface area contributed by atoms with Crippen molar-refractivity contribution in [2.75, 3.05) is 13.2 Å². The first-order valence-electron chi connectivity index (χ1n) is 17.8. The van der Waals surface area contributed by atoms with Gasteiger partial charge in [0, 0.05) is 9.92 Å². The summed E-state index contributed by atoms with van der Waals surface area (Å²) in [7, 11) is -4.13. The first-order chi connectivity index (χ1) is 24.0. The minimum atomic E-state index is -4.13. The summed E-state index contributed by atoms with van der Waals surface area (Å²) in [5.74, 6) is 0.870. The molecule has 0 N–H and O–H groups in total. The molecule has 288 valence electrons. The smallest absolute Gasteiger partial charge is 0.475 e. The zero-order chi connectivity index (χ0) is 38.6. The summed E-state index contributed by atoms with van der Waals surface area (Å²) < 4.78 is 50.4. The van der Waals surface area contributed by atoms with E-state index < -0.39 is 42.0 Å². The van der Waals surface area contributed by atoms with E-state index in [1.54, 1.807) is 58.2 Å². The predicted octanol–water partition coefficient (Wildman–Crippen LogP) is 11.6. The zero-order valence-electron chi connectivity index (χ0n) is 32.7. The van der Waals surface area contributed by atoms with Gasteiger partial charge in [-0.2, -0.15) is 0 Å². The number of phosphoric ester groups is 1. The van der Waals surface area contributed by atoms with Gasteiger partial charge in [0.25, 0.3) is 0 Å². The molecule has 1 saturated heterocycles. The summed E-state index contributed by atoms with van der Waals surface area (Å²) in [5, 5.41) is 0.605. The van der Waals surface area contributed by atoms with Crippen LogP contribution >= 0.6 is 31.2 Å². The molecule has 0 radical (unpaired) electrons. The molecule has 1 aliphatic heterocycles. The van der Waals surface area contributed by atoms with E-state index in [-0.39, 0.29) is 13.2 Å². The average molecular weight is 778 g/mol. The summed E-state index contributed by atoms with van der Waals surface area (Å²) in [6.45, 7) is 20.2. The number of phosphoric acid groups is 1. The van der Waals surface area contributed by atoms with E-state index in [1.165, 1.54) is 4.91 Å². The number of ether oxygens (including phenoxy) is 3. The van der Waals surface area contributed by atoms with Crippen LogP contribution in [0.15, 0.2) is 76.2 Å². The standard InChI is InChI=1S/C40H57ClNO8PS/c1-36(2,3)48-35(43)42-39(10,11)46-27-40(42,28-47-51(44,49-37(4,5)6)50-38(7,8)9)23-22-30-20-21-33(25-34(30)41)52-32-19-15-18-31(24-32)45-26-29-16-13-12-14-17-29/h12-14,16-18,20-21,24-25H,15,19,22-23,26-28H2,1-11H3. The number of halogens is 1. The molecule has 2 aromatic carbocycles. The lowest BCUT2D eigenvalue weighted by Crippen LogP contribution is -2.59. The van der Waals surface area contributed by atoms with E-state index >= 15 is 0 Å². The number of aryl methyl sites for hydroxylation is 1. The second kappa shape index (κ2) is 16.6. The fraction of sp³-hybridized carbons (Fsp3) is 0.575. The van der Waals surface area contributed by atoms with Crippen molar-refractivity contribution in [1.29, 1.82) is 0 Å².